The van der Waals surface area contributed by atoms with E-state index in [4.69, 9.17) is 0 Å². The molecule has 2 rings (SSSR count). The molecular weight excluding hydrogens is 419 g/mol. The molecule has 0 amide bonds. The lowest BCUT2D eigenvalue weighted by Crippen LogP contribution is -2.41. The molecule has 4 nitrogen and oxygen atoms in total. The van der Waals surface area contributed by atoms with Crippen molar-refractivity contribution in [3.63, 3.8) is 0 Å². The number of halogens is 1. The highest BCUT2D eigenvalue weighted by Gasteiger charge is 2.19. The van der Waals surface area contributed by atoms with Crippen LogP contribution in [0.5, 0.6) is 0 Å². The molecule has 1 aliphatic rings. The van der Waals surface area contributed by atoms with E-state index in [1.54, 1.807) is 11.3 Å². The minimum Gasteiger partial charge on any atom is -0.356 e. The Hall–Kier alpha value is -0.370. The van der Waals surface area contributed by atoms with Crippen molar-refractivity contribution in [3.05, 3.63) is 16.1 Å². The number of thiazole rings is 1. The molecule has 0 atom stereocenters. The second-order valence-electron chi connectivity index (χ2n) is 6.28. The van der Waals surface area contributed by atoms with Crippen LogP contribution in [0.25, 0.3) is 0 Å². The summed E-state index contributed by atoms with van der Waals surface area (Å²) in [5.74, 6) is 2.70. The monoisotopic (exact) mass is 450 g/mol. The zero-order valence-electron chi connectivity index (χ0n) is 14.6. The molecule has 0 saturated heterocycles. The van der Waals surface area contributed by atoms with Crippen LogP contribution in [0.2, 0.25) is 0 Å². The molecule has 0 radical (unpaired) electrons. The molecule has 1 aliphatic carbocycles. The van der Waals surface area contributed by atoms with Crippen LogP contribution in [0.3, 0.4) is 0 Å². The van der Waals surface area contributed by atoms with Crippen molar-refractivity contribution in [2.24, 2.45) is 16.8 Å². The number of hydrogen-bond acceptors (Lipinski definition) is 3. The molecule has 132 valence electrons. The van der Waals surface area contributed by atoms with Gasteiger partial charge in [0.05, 0.1) is 10.7 Å². The first-order valence-electron chi connectivity index (χ1n) is 8.56. The predicted octanol–water partition coefficient (Wildman–Crippen LogP) is 3.99. The fourth-order valence-electron chi connectivity index (χ4n) is 3.14. The zero-order chi connectivity index (χ0) is 15.8. The minimum atomic E-state index is 0. The van der Waals surface area contributed by atoms with Gasteiger partial charge in [0.1, 0.15) is 0 Å². The number of hydrogen-bond donors (Lipinski definition) is 2. The van der Waals surface area contributed by atoms with Gasteiger partial charge < -0.3 is 10.6 Å². The summed E-state index contributed by atoms with van der Waals surface area (Å²) in [4.78, 5) is 8.80. The van der Waals surface area contributed by atoms with Gasteiger partial charge in [-0.15, -0.1) is 35.3 Å². The van der Waals surface area contributed by atoms with Crippen molar-refractivity contribution in [1.29, 1.82) is 0 Å². The van der Waals surface area contributed by atoms with E-state index in [-0.39, 0.29) is 24.0 Å². The fraction of sp³-hybridized carbons (Fsp3) is 0.765. The maximum atomic E-state index is 4.49. The number of nitrogens with zero attached hydrogens (tertiary/aromatic N) is 2. The molecule has 1 aromatic heterocycles. The summed E-state index contributed by atoms with van der Waals surface area (Å²) in [6.45, 7) is 6.30. The summed E-state index contributed by atoms with van der Waals surface area (Å²) in [6, 6.07) is 0. The summed E-state index contributed by atoms with van der Waals surface area (Å²) in [6.07, 6.45) is 7.82. The molecule has 1 heterocycles. The maximum absolute atomic E-state index is 4.49. The van der Waals surface area contributed by atoms with Crippen LogP contribution < -0.4 is 10.6 Å². The Labute approximate surface area is 162 Å². The Morgan fingerprint density at radius 3 is 2.52 bits per heavy atom. The average Bonchev–Trinajstić information content (AvgIpc) is 2.96. The van der Waals surface area contributed by atoms with Crippen LogP contribution in [0.4, 0.5) is 0 Å². The van der Waals surface area contributed by atoms with Crippen molar-refractivity contribution in [1.82, 2.24) is 15.6 Å². The van der Waals surface area contributed by atoms with Crippen molar-refractivity contribution in [3.8, 4) is 0 Å². The summed E-state index contributed by atoms with van der Waals surface area (Å²) < 4.78 is 0. The minimum absolute atomic E-state index is 0. The Bertz CT molecular complexity index is 467. The van der Waals surface area contributed by atoms with Gasteiger partial charge in [-0.05, 0) is 31.6 Å². The predicted molar refractivity (Wildman–Crippen MR) is 111 cm³/mol. The third kappa shape index (κ3) is 7.37. The Kier molecular flexibility index (Phi) is 10.1. The van der Waals surface area contributed by atoms with Gasteiger partial charge in [-0.25, -0.2) is 4.98 Å². The highest BCUT2D eigenvalue weighted by Crippen LogP contribution is 2.29. The standard InChI is InChI=1S/C17H30N4S.HI/c1-4-14-5-7-15(8-6-14)11-20-17(18-3)19-10-9-16-12-22-13(2)21-16;/h12,14-15H,4-11H2,1-3H3,(H2,18,19,20);1H. The summed E-state index contributed by atoms with van der Waals surface area (Å²) in [5, 5.41) is 10.2. The SMILES string of the molecule is CCC1CCC(CNC(=NC)NCCc2csc(C)n2)CC1.I. The summed E-state index contributed by atoms with van der Waals surface area (Å²) in [5.41, 5.74) is 1.17. The first kappa shape index (κ1) is 20.7. The maximum Gasteiger partial charge on any atom is 0.190 e. The third-order valence-electron chi connectivity index (χ3n) is 4.67. The molecule has 0 spiro atoms. The van der Waals surface area contributed by atoms with Gasteiger partial charge in [-0.3, -0.25) is 4.99 Å². The van der Waals surface area contributed by atoms with Crippen molar-refractivity contribution < 1.29 is 0 Å². The van der Waals surface area contributed by atoms with Crippen LogP contribution in [-0.4, -0.2) is 31.1 Å². The van der Waals surface area contributed by atoms with Gasteiger partial charge in [0, 0.05) is 31.9 Å². The number of rotatable bonds is 6. The van der Waals surface area contributed by atoms with Gasteiger partial charge in [0.2, 0.25) is 0 Å². The van der Waals surface area contributed by atoms with Gasteiger partial charge in [-0.2, -0.15) is 0 Å². The van der Waals surface area contributed by atoms with Crippen molar-refractivity contribution in [2.45, 2.75) is 52.4 Å². The third-order valence-corrected chi connectivity index (χ3v) is 5.49. The van der Waals surface area contributed by atoms with Crippen LogP contribution in [0, 0.1) is 18.8 Å². The molecule has 0 aromatic carbocycles. The van der Waals surface area contributed by atoms with E-state index in [1.807, 2.05) is 7.05 Å². The lowest BCUT2D eigenvalue weighted by molar-refractivity contribution is 0.269. The molecule has 2 N–H and O–H groups in total. The lowest BCUT2D eigenvalue weighted by atomic mass is 9.81. The molecule has 1 aromatic rings. The highest BCUT2D eigenvalue weighted by atomic mass is 127. The molecule has 1 saturated carbocycles. The van der Waals surface area contributed by atoms with E-state index < -0.39 is 0 Å². The van der Waals surface area contributed by atoms with Crippen molar-refractivity contribution >= 4 is 41.3 Å². The fourth-order valence-corrected chi connectivity index (χ4v) is 3.78. The Morgan fingerprint density at radius 2 is 1.96 bits per heavy atom. The van der Waals surface area contributed by atoms with Crippen LogP contribution in [0.1, 0.15) is 49.7 Å². The summed E-state index contributed by atoms with van der Waals surface area (Å²) in [7, 11) is 1.84. The van der Waals surface area contributed by atoms with E-state index >= 15 is 0 Å². The lowest BCUT2D eigenvalue weighted by Gasteiger charge is -2.28. The number of aliphatic imine (C=N–C) groups is 1. The number of guanidine groups is 1. The van der Waals surface area contributed by atoms with Crippen LogP contribution in [0.15, 0.2) is 10.4 Å². The van der Waals surface area contributed by atoms with E-state index in [1.165, 1.54) is 37.8 Å². The average molecular weight is 450 g/mol. The van der Waals surface area contributed by atoms with E-state index in [0.29, 0.717) is 0 Å². The molecular formula is C17H31IN4S. The first-order valence-corrected chi connectivity index (χ1v) is 9.44. The zero-order valence-corrected chi connectivity index (χ0v) is 17.7. The van der Waals surface area contributed by atoms with Crippen LogP contribution >= 0.6 is 35.3 Å². The summed E-state index contributed by atoms with van der Waals surface area (Å²) >= 11 is 1.72. The molecule has 23 heavy (non-hydrogen) atoms. The largest absolute Gasteiger partial charge is 0.356 e. The normalized spacial score (nSPS) is 21.6. The quantitative estimate of drug-likeness (QED) is 0.392. The second kappa shape index (κ2) is 11.2. The number of aryl methyl sites for hydroxylation is 1. The smallest absolute Gasteiger partial charge is 0.190 e. The van der Waals surface area contributed by atoms with Crippen molar-refractivity contribution in [2.75, 3.05) is 20.1 Å². The molecule has 1 fully saturated rings. The Morgan fingerprint density at radius 1 is 1.26 bits per heavy atom. The van der Waals surface area contributed by atoms with Gasteiger partial charge in [0.25, 0.3) is 0 Å². The van der Waals surface area contributed by atoms with Crippen LogP contribution in [-0.2, 0) is 6.42 Å². The Balaban J connectivity index is 0.00000264. The van der Waals surface area contributed by atoms with E-state index in [2.05, 4.69) is 39.8 Å². The van der Waals surface area contributed by atoms with Gasteiger partial charge in [-0.1, -0.05) is 26.2 Å². The van der Waals surface area contributed by atoms with Gasteiger partial charge in [0.15, 0.2) is 5.96 Å². The molecule has 6 heteroatoms. The van der Waals surface area contributed by atoms with Gasteiger partial charge >= 0.3 is 0 Å². The number of nitrogens with one attached hydrogen (secondary N) is 2. The first-order chi connectivity index (χ1) is 10.7. The van der Waals surface area contributed by atoms with E-state index in [0.717, 1.165) is 42.3 Å². The molecule has 0 bridgehead atoms. The highest BCUT2D eigenvalue weighted by molar-refractivity contribution is 14.0. The molecule has 0 aliphatic heterocycles. The molecule has 0 unspecified atom stereocenters. The second-order valence-corrected chi connectivity index (χ2v) is 7.34. The number of aromatic nitrogens is 1. The van der Waals surface area contributed by atoms with E-state index in [9.17, 15) is 0 Å². The topological polar surface area (TPSA) is 49.3 Å².